The van der Waals surface area contributed by atoms with E-state index in [9.17, 15) is 4.79 Å². The van der Waals surface area contributed by atoms with Crippen molar-refractivity contribution in [3.05, 3.63) is 59.5 Å². The number of nitrogens with zero attached hydrogens (tertiary/aromatic N) is 4. The van der Waals surface area contributed by atoms with Gasteiger partial charge in [0.15, 0.2) is 5.65 Å². The molecule has 6 nitrogen and oxygen atoms in total. The molecule has 0 radical (unpaired) electrons. The number of amides is 1. The van der Waals surface area contributed by atoms with Crippen molar-refractivity contribution < 1.29 is 4.79 Å². The third kappa shape index (κ3) is 6.57. The maximum Gasteiger partial charge on any atom is 0.221 e. The van der Waals surface area contributed by atoms with E-state index in [-0.39, 0.29) is 5.91 Å². The molecule has 1 amide bonds. The monoisotopic (exact) mass is 363 g/mol. The lowest BCUT2D eigenvalue weighted by atomic mass is 10.2. The quantitative estimate of drug-likeness (QED) is 0.711. The normalized spacial score (nSPS) is 10.0. The van der Waals surface area contributed by atoms with Crippen LogP contribution in [0.3, 0.4) is 0 Å². The molecule has 0 fully saturated rings. The van der Waals surface area contributed by atoms with Crippen LogP contribution in [0.2, 0.25) is 0 Å². The maximum absolute atomic E-state index is 10.8. The molecular weight excluding hydrogens is 338 g/mol. The zero-order valence-corrected chi connectivity index (χ0v) is 16.4. The van der Waals surface area contributed by atoms with Crippen molar-refractivity contribution >= 4 is 17.2 Å². The smallest absolute Gasteiger partial charge is 0.221 e. The number of hydrogen-bond donors (Lipinski definition) is 1. The SMILES string of the molecule is CC(=O)Nc1ccc(C#CCN(C)C)cc1.Cc1cc(C)n2nccc2n1. The second-order valence-electron chi connectivity index (χ2n) is 6.44. The highest BCUT2D eigenvalue weighted by Crippen LogP contribution is 2.08. The molecule has 0 saturated heterocycles. The average Bonchev–Trinajstić information content (AvgIpc) is 3.05. The molecule has 6 heteroatoms. The molecule has 0 unspecified atom stereocenters. The summed E-state index contributed by atoms with van der Waals surface area (Å²) in [5.41, 5.74) is 4.83. The van der Waals surface area contributed by atoms with Gasteiger partial charge in [0, 0.05) is 35.6 Å². The third-order valence-electron chi connectivity index (χ3n) is 3.50. The minimum Gasteiger partial charge on any atom is -0.326 e. The van der Waals surface area contributed by atoms with Crippen LogP contribution in [0.25, 0.3) is 5.65 Å². The van der Waals surface area contributed by atoms with Crippen molar-refractivity contribution in [2.75, 3.05) is 26.0 Å². The summed E-state index contributed by atoms with van der Waals surface area (Å²) in [6.45, 7) is 6.24. The Balaban J connectivity index is 0.000000206. The number of rotatable bonds is 2. The van der Waals surface area contributed by atoms with Crippen LogP contribution in [0.1, 0.15) is 23.9 Å². The van der Waals surface area contributed by atoms with E-state index in [4.69, 9.17) is 0 Å². The molecule has 0 atom stereocenters. The van der Waals surface area contributed by atoms with E-state index in [0.29, 0.717) is 0 Å². The number of nitrogens with one attached hydrogen (secondary N) is 1. The summed E-state index contributed by atoms with van der Waals surface area (Å²) < 4.78 is 1.83. The minimum atomic E-state index is -0.0635. The molecule has 3 aromatic rings. The van der Waals surface area contributed by atoms with Crippen molar-refractivity contribution in [2.45, 2.75) is 20.8 Å². The molecule has 27 heavy (non-hydrogen) atoms. The third-order valence-corrected chi connectivity index (χ3v) is 3.50. The Labute approximate surface area is 160 Å². The topological polar surface area (TPSA) is 62.5 Å². The zero-order chi connectivity index (χ0) is 19.8. The highest BCUT2D eigenvalue weighted by molar-refractivity contribution is 5.88. The van der Waals surface area contributed by atoms with Crippen molar-refractivity contribution in [3.63, 3.8) is 0 Å². The molecule has 0 aliphatic carbocycles. The summed E-state index contributed by atoms with van der Waals surface area (Å²) in [7, 11) is 3.96. The van der Waals surface area contributed by atoms with Gasteiger partial charge in [-0.25, -0.2) is 9.50 Å². The molecule has 2 aromatic heterocycles. The average molecular weight is 363 g/mol. The van der Waals surface area contributed by atoms with Crippen molar-refractivity contribution in [2.24, 2.45) is 0 Å². The van der Waals surface area contributed by atoms with Gasteiger partial charge in [-0.3, -0.25) is 9.69 Å². The van der Waals surface area contributed by atoms with E-state index in [1.54, 1.807) is 6.20 Å². The highest BCUT2D eigenvalue weighted by Gasteiger charge is 1.98. The number of carbonyl (C=O) groups excluding carboxylic acids is 1. The molecular formula is C21H25N5O. The Morgan fingerprint density at radius 3 is 2.52 bits per heavy atom. The van der Waals surface area contributed by atoms with E-state index >= 15 is 0 Å². The number of aryl methyl sites for hydroxylation is 2. The van der Waals surface area contributed by atoms with Gasteiger partial charge in [0.25, 0.3) is 0 Å². The van der Waals surface area contributed by atoms with Gasteiger partial charge in [-0.15, -0.1) is 0 Å². The summed E-state index contributed by atoms with van der Waals surface area (Å²) in [4.78, 5) is 17.1. The van der Waals surface area contributed by atoms with E-state index in [1.165, 1.54) is 6.92 Å². The van der Waals surface area contributed by atoms with Crippen molar-refractivity contribution in [1.29, 1.82) is 0 Å². The summed E-state index contributed by atoms with van der Waals surface area (Å²) >= 11 is 0. The van der Waals surface area contributed by atoms with Gasteiger partial charge in [-0.1, -0.05) is 11.8 Å². The molecule has 140 valence electrons. The fraction of sp³-hybridized carbons (Fsp3) is 0.286. The van der Waals surface area contributed by atoms with Crippen LogP contribution in [-0.4, -0.2) is 46.0 Å². The van der Waals surface area contributed by atoms with E-state index in [2.05, 4.69) is 27.2 Å². The van der Waals surface area contributed by atoms with Gasteiger partial charge < -0.3 is 5.32 Å². The van der Waals surface area contributed by atoms with Gasteiger partial charge >= 0.3 is 0 Å². The minimum absolute atomic E-state index is 0.0635. The molecule has 0 saturated carbocycles. The number of benzene rings is 1. The predicted molar refractivity (Wildman–Crippen MR) is 109 cm³/mol. The fourth-order valence-electron chi connectivity index (χ4n) is 2.37. The number of hydrogen-bond acceptors (Lipinski definition) is 4. The first kappa shape index (κ1) is 20.1. The second kappa shape index (κ2) is 9.51. The first-order valence-corrected chi connectivity index (χ1v) is 8.64. The Morgan fingerprint density at radius 2 is 1.89 bits per heavy atom. The zero-order valence-electron chi connectivity index (χ0n) is 16.4. The molecule has 1 aromatic carbocycles. The highest BCUT2D eigenvalue weighted by atomic mass is 16.1. The van der Waals surface area contributed by atoms with Gasteiger partial charge in [0.05, 0.1) is 12.7 Å². The number of fused-ring (bicyclic) bond motifs is 1. The Hall–Kier alpha value is -3.17. The Bertz CT molecular complexity index is 962. The predicted octanol–water partition coefficient (Wildman–Crippen LogP) is 2.90. The second-order valence-corrected chi connectivity index (χ2v) is 6.44. The largest absolute Gasteiger partial charge is 0.326 e. The number of anilines is 1. The van der Waals surface area contributed by atoms with Crippen molar-refractivity contribution in [3.8, 4) is 11.8 Å². The summed E-state index contributed by atoms with van der Waals surface area (Å²) in [5.74, 6) is 6.04. The van der Waals surface area contributed by atoms with Gasteiger partial charge in [0.1, 0.15) is 0 Å². The molecule has 2 heterocycles. The van der Waals surface area contributed by atoms with Gasteiger partial charge in [-0.05, 0) is 58.3 Å². The van der Waals surface area contributed by atoms with E-state index in [0.717, 1.165) is 34.8 Å². The Morgan fingerprint density at radius 1 is 1.19 bits per heavy atom. The number of carbonyl (C=O) groups is 1. The van der Waals surface area contributed by atoms with E-state index in [1.807, 2.05) is 73.8 Å². The fourth-order valence-corrected chi connectivity index (χ4v) is 2.37. The lowest BCUT2D eigenvalue weighted by Crippen LogP contribution is -2.10. The van der Waals surface area contributed by atoms with Gasteiger partial charge in [-0.2, -0.15) is 5.10 Å². The molecule has 0 aliphatic heterocycles. The van der Waals surface area contributed by atoms with Crippen LogP contribution in [0, 0.1) is 25.7 Å². The summed E-state index contributed by atoms with van der Waals surface area (Å²) in [5, 5.41) is 6.82. The summed E-state index contributed by atoms with van der Waals surface area (Å²) in [6, 6.07) is 11.4. The van der Waals surface area contributed by atoms with Gasteiger partial charge in [0.2, 0.25) is 5.91 Å². The standard InChI is InChI=1S/C13H16N2O.C8H9N3/c1-11(16)14-13-8-6-12(7-9-13)5-4-10-15(2)3;1-6-5-7(2)11-8(10-6)3-4-9-11/h6-9H,10H2,1-3H3,(H,14,16);3-5H,1-2H3. The lowest BCUT2D eigenvalue weighted by Gasteiger charge is -2.02. The van der Waals surface area contributed by atoms with Crippen molar-refractivity contribution in [1.82, 2.24) is 19.5 Å². The number of aromatic nitrogens is 3. The maximum atomic E-state index is 10.8. The van der Waals surface area contributed by atoms with Crippen LogP contribution in [-0.2, 0) is 4.79 Å². The van der Waals surface area contributed by atoms with Crippen LogP contribution in [0.15, 0.2) is 42.6 Å². The molecule has 0 bridgehead atoms. The summed E-state index contributed by atoms with van der Waals surface area (Å²) in [6.07, 6.45) is 1.76. The Kier molecular flexibility index (Phi) is 7.09. The molecule has 1 N–H and O–H groups in total. The van der Waals surface area contributed by atoms with Crippen LogP contribution in [0.4, 0.5) is 5.69 Å². The van der Waals surface area contributed by atoms with Crippen LogP contribution >= 0.6 is 0 Å². The lowest BCUT2D eigenvalue weighted by molar-refractivity contribution is -0.114. The molecule has 0 aliphatic rings. The van der Waals surface area contributed by atoms with E-state index < -0.39 is 0 Å². The first-order chi connectivity index (χ1) is 12.8. The molecule has 3 rings (SSSR count). The van der Waals surface area contributed by atoms with Crippen LogP contribution < -0.4 is 5.32 Å². The molecule has 0 spiro atoms. The first-order valence-electron chi connectivity index (χ1n) is 8.64. The van der Waals surface area contributed by atoms with Crippen LogP contribution in [0.5, 0.6) is 0 Å².